The molecule has 2 fully saturated rings. The maximum Gasteiger partial charge on any atom is 0.254 e. The van der Waals surface area contributed by atoms with Crippen molar-refractivity contribution >= 4 is 24.0 Å². The summed E-state index contributed by atoms with van der Waals surface area (Å²) in [5.41, 5.74) is 4.14. The molecule has 6 nitrogen and oxygen atoms in total. The van der Waals surface area contributed by atoms with E-state index in [1.54, 1.807) is 9.80 Å². The molecule has 0 aromatic heterocycles. The van der Waals surface area contributed by atoms with Gasteiger partial charge < -0.3 is 19.3 Å². The standard InChI is InChI=1S/C38H36N2O4/c41-37-35(43-27-31-17-9-3-10-18-31)33(23-21-29-13-5-1-6-14-29)39(37)25-26-40-34(24-22-30-15-7-2-8-16-30)36(38(40)42)44-28-32-19-11-4-12-20-32/h1-24,33-36H,25-28H2/b23-21+,24-22+/t33-,34+,35+,36-. The van der Waals surface area contributed by atoms with Crippen molar-refractivity contribution in [1.29, 1.82) is 0 Å². The van der Waals surface area contributed by atoms with Crippen LogP contribution in [-0.4, -0.2) is 59.0 Å². The molecular weight excluding hydrogens is 548 g/mol. The average molecular weight is 585 g/mol. The van der Waals surface area contributed by atoms with Gasteiger partial charge in [0.05, 0.1) is 25.3 Å². The molecule has 0 N–H and O–H groups in total. The second-order valence-electron chi connectivity index (χ2n) is 11.0. The van der Waals surface area contributed by atoms with Crippen LogP contribution in [0, 0.1) is 0 Å². The van der Waals surface area contributed by atoms with Crippen molar-refractivity contribution in [3.8, 4) is 0 Å². The number of β-lactam (4-membered cyclic amide) rings is 2. The SMILES string of the molecule is O=C1[C@@H](OCc2ccccc2)[C@@H](/C=C/c2ccccc2)N1CCN1C(=O)[C@H](OCc2ccccc2)[C@@H]1/C=C/c1ccccc1. The second kappa shape index (κ2) is 14.1. The zero-order valence-electron chi connectivity index (χ0n) is 24.5. The van der Waals surface area contributed by atoms with Crippen molar-refractivity contribution in [2.75, 3.05) is 13.1 Å². The van der Waals surface area contributed by atoms with Crippen LogP contribution in [0.1, 0.15) is 22.3 Å². The molecule has 2 saturated heterocycles. The first-order chi connectivity index (χ1) is 21.7. The first-order valence-corrected chi connectivity index (χ1v) is 15.1. The number of carbonyl (C=O) groups is 2. The molecule has 0 aliphatic carbocycles. The summed E-state index contributed by atoms with van der Waals surface area (Å²) in [6.07, 6.45) is 6.97. The van der Waals surface area contributed by atoms with E-state index >= 15 is 0 Å². The van der Waals surface area contributed by atoms with Crippen LogP contribution in [-0.2, 0) is 32.3 Å². The van der Waals surface area contributed by atoms with Gasteiger partial charge in [-0.15, -0.1) is 0 Å². The van der Waals surface area contributed by atoms with Gasteiger partial charge in [0.15, 0.2) is 12.2 Å². The fraction of sp³-hybridized carbons (Fsp3) is 0.211. The van der Waals surface area contributed by atoms with E-state index in [-0.39, 0.29) is 23.9 Å². The largest absolute Gasteiger partial charge is 0.361 e. The molecule has 4 atom stereocenters. The van der Waals surface area contributed by atoms with Gasteiger partial charge in [-0.1, -0.05) is 146 Å². The summed E-state index contributed by atoms with van der Waals surface area (Å²) in [6.45, 7) is 1.53. The van der Waals surface area contributed by atoms with Gasteiger partial charge in [-0.25, -0.2) is 0 Å². The molecule has 4 aromatic rings. The van der Waals surface area contributed by atoms with Crippen molar-refractivity contribution in [2.45, 2.75) is 37.5 Å². The third kappa shape index (κ3) is 6.88. The highest BCUT2D eigenvalue weighted by Gasteiger charge is 2.50. The molecule has 2 amide bonds. The van der Waals surface area contributed by atoms with Crippen molar-refractivity contribution in [3.63, 3.8) is 0 Å². The van der Waals surface area contributed by atoms with Gasteiger partial charge in [0, 0.05) is 13.1 Å². The van der Waals surface area contributed by atoms with Gasteiger partial charge in [-0.3, -0.25) is 9.59 Å². The molecule has 0 spiro atoms. The Morgan fingerprint density at radius 2 is 0.841 bits per heavy atom. The van der Waals surface area contributed by atoms with E-state index in [9.17, 15) is 9.59 Å². The molecule has 6 heteroatoms. The van der Waals surface area contributed by atoms with E-state index in [1.165, 1.54) is 0 Å². The summed E-state index contributed by atoms with van der Waals surface area (Å²) >= 11 is 0. The number of ether oxygens (including phenoxy) is 2. The molecule has 0 bridgehead atoms. The fourth-order valence-corrected chi connectivity index (χ4v) is 5.63. The molecule has 0 saturated carbocycles. The second-order valence-corrected chi connectivity index (χ2v) is 11.0. The minimum Gasteiger partial charge on any atom is -0.361 e. The molecule has 6 rings (SSSR count). The summed E-state index contributed by atoms with van der Waals surface area (Å²) in [6, 6.07) is 39.3. The summed E-state index contributed by atoms with van der Waals surface area (Å²) < 4.78 is 12.2. The molecule has 0 radical (unpaired) electrons. The third-order valence-electron chi connectivity index (χ3n) is 8.09. The number of amides is 2. The Morgan fingerprint density at radius 1 is 0.500 bits per heavy atom. The molecule has 222 valence electrons. The van der Waals surface area contributed by atoms with Crippen LogP contribution >= 0.6 is 0 Å². The Kier molecular flexibility index (Phi) is 9.41. The zero-order valence-corrected chi connectivity index (χ0v) is 24.5. The van der Waals surface area contributed by atoms with Crippen LogP contribution in [0.15, 0.2) is 133 Å². The van der Waals surface area contributed by atoms with E-state index in [0.717, 1.165) is 22.3 Å². The third-order valence-corrected chi connectivity index (χ3v) is 8.09. The van der Waals surface area contributed by atoms with Crippen LogP contribution in [0.3, 0.4) is 0 Å². The number of rotatable bonds is 13. The lowest BCUT2D eigenvalue weighted by Gasteiger charge is -2.49. The number of benzene rings is 4. The molecule has 2 aliphatic heterocycles. The maximum absolute atomic E-state index is 13.3. The lowest BCUT2D eigenvalue weighted by atomic mass is 9.94. The van der Waals surface area contributed by atoms with Crippen molar-refractivity contribution in [1.82, 2.24) is 9.80 Å². The molecule has 2 heterocycles. The molecule has 44 heavy (non-hydrogen) atoms. The van der Waals surface area contributed by atoms with E-state index in [0.29, 0.717) is 26.3 Å². The first-order valence-electron chi connectivity index (χ1n) is 15.1. The van der Waals surface area contributed by atoms with Crippen LogP contribution in [0.25, 0.3) is 12.2 Å². The molecule has 4 aromatic carbocycles. The van der Waals surface area contributed by atoms with Crippen LogP contribution in [0.4, 0.5) is 0 Å². The fourth-order valence-electron chi connectivity index (χ4n) is 5.63. The van der Waals surface area contributed by atoms with Gasteiger partial charge in [0.2, 0.25) is 0 Å². The van der Waals surface area contributed by atoms with Gasteiger partial charge in [-0.05, 0) is 22.3 Å². The van der Waals surface area contributed by atoms with Gasteiger partial charge in [0.25, 0.3) is 11.8 Å². The van der Waals surface area contributed by atoms with E-state index in [4.69, 9.17) is 9.47 Å². The highest BCUT2D eigenvalue weighted by molar-refractivity contribution is 5.91. The van der Waals surface area contributed by atoms with E-state index in [2.05, 4.69) is 0 Å². The van der Waals surface area contributed by atoms with Gasteiger partial charge >= 0.3 is 0 Å². The number of likely N-dealkylation sites (tertiary alicyclic amines) is 2. The maximum atomic E-state index is 13.3. The summed E-state index contributed by atoms with van der Waals surface area (Å²) in [4.78, 5) is 30.3. The Morgan fingerprint density at radius 3 is 1.20 bits per heavy atom. The lowest BCUT2D eigenvalue weighted by molar-refractivity contribution is -0.178. The van der Waals surface area contributed by atoms with Crippen molar-refractivity contribution in [2.24, 2.45) is 0 Å². The van der Waals surface area contributed by atoms with Crippen molar-refractivity contribution < 1.29 is 19.1 Å². The monoisotopic (exact) mass is 584 g/mol. The van der Waals surface area contributed by atoms with Crippen LogP contribution in [0.2, 0.25) is 0 Å². The van der Waals surface area contributed by atoms with Gasteiger partial charge in [0.1, 0.15) is 0 Å². The topological polar surface area (TPSA) is 59.1 Å². The average Bonchev–Trinajstić information content (AvgIpc) is 3.08. The van der Waals surface area contributed by atoms with Crippen LogP contribution in [0.5, 0.6) is 0 Å². The number of nitrogens with zero attached hydrogens (tertiary/aromatic N) is 2. The number of hydrogen-bond acceptors (Lipinski definition) is 4. The summed E-state index contributed by atoms with van der Waals surface area (Å²) in [5, 5.41) is 0. The van der Waals surface area contributed by atoms with Gasteiger partial charge in [-0.2, -0.15) is 0 Å². The van der Waals surface area contributed by atoms with Crippen molar-refractivity contribution in [3.05, 3.63) is 156 Å². The van der Waals surface area contributed by atoms with E-state index in [1.807, 2.05) is 146 Å². The summed E-state index contributed by atoms with van der Waals surface area (Å²) in [7, 11) is 0. The number of hydrogen-bond donors (Lipinski definition) is 0. The smallest absolute Gasteiger partial charge is 0.254 e. The van der Waals surface area contributed by atoms with Crippen LogP contribution < -0.4 is 0 Å². The predicted octanol–water partition coefficient (Wildman–Crippen LogP) is 6.01. The quantitative estimate of drug-likeness (QED) is 0.181. The normalized spacial score (nSPS) is 21.5. The minimum absolute atomic E-state index is 0.0649. The Labute approximate surface area is 258 Å². The molecule has 0 unspecified atom stereocenters. The zero-order chi connectivity index (χ0) is 30.1. The Hall–Kier alpha value is -4.78. The first kappa shape index (κ1) is 29.3. The predicted molar refractivity (Wildman–Crippen MR) is 172 cm³/mol. The molecular formula is C38H36N2O4. The molecule has 2 aliphatic rings. The minimum atomic E-state index is -0.571. The lowest BCUT2D eigenvalue weighted by Crippen LogP contribution is -2.69. The van der Waals surface area contributed by atoms with E-state index < -0.39 is 12.2 Å². The highest BCUT2D eigenvalue weighted by atomic mass is 16.5. The number of carbonyl (C=O) groups excluding carboxylic acids is 2. The summed E-state index contributed by atoms with van der Waals surface area (Å²) in [5.74, 6) is -0.130. The Bertz CT molecular complexity index is 1450. The Balaban J connectivity index is 1.14. The highest BCUT2D eigenvalue weighted by Crippen LogP contribution is 2.30.